The van der Waals surface area contributed by atoms with Crippen molar-refractivity contribution in [1.82, 2.24) is 0 Å². The average Bonchev–Trinajstić information content (AvgIpc) is 2.13. The van der Waals surface area contributed by atoms with Crippen LogP contribution in [0.1, 0.15) is 19.3 Å². The first-order valence-corrected chi connectivity index (χ1v) is 3.08. The van der Waals surface area contributed by atoms with Gasteiger partial charge >= 0.3 is 5.97 Å². The minimum atomic E-state index is -1.09. The Labute approximate surface area is 52.7 Å². The highest BCUT2D eigenvalue weighted by Gasteiger charge is 2.32. The minimum absolute atomic E-state index is 0.428. The van der Waals surface area contributed by atoms with Gasteiger partial charge in [-0.25, -0.2) is 4.39 Å². The molecule has 3 heteroatoms. The summed E-state index contributed by atoms with van der Waals surface area (Å²) in [7, 11) is 0. The van der Waals surface area contributed by atoms with Crippen molar-refractivity contribution >= 4 is 5.97 Å². The van der Waals surface area contributed by atoms with Crippen LogP contribution in [-0.2, 0) is 4.79 Å². The second-order valence-corrected chi connectivity index (χ2v) is 2.39. The van der Waals surface area contributed by atoms with Crippen LogP contribution in [0, 0.1) is 5.92 Å². The zero-order chi connectivity index (χ0) is 6.85. The van der Waals surface area contributed by atoms with Crippen molar-refractivity contribution < 1.29 is 14.3 Å². The molecule has 0 aromatic heterocycles. The second kappa shape index (κ2) is 2.33. The van der Waals surface area contributed by atoms with Gasteiger partial charge in [-0.1, -0.05) is 0 Å². The fraction of sp³-hybridized carbons (Fsp3) is 0.833. The molecule has 52 valence electrons. The molecule has 0 amide bonds. The Kier molecular flexibility index (Phi) is 1.69. The Morgan fingerprint density at radius 3 is 2.44 bits per heavy atom. The molecule has 1 aliphatic carbocycles. The normalized spacial score (nSPS) is 34.8. The van der Waals surface area contributed by atoms with Gasteiger partial charge in [0.1, 0.15) is 6.17 Å². The van der Waals surface area contributed by atoms with E-state index in [2.05, 4.69) is 0 Å². The SMILES string of the molecule is O=C(O)[C@@H]1CCC[C@H]1F. The summed E-state index contributed by atoms with van der Waals surface area (Å²) in [5, 5.41) is 8.34. The topological polar surface area (TPSA) is 37.3 Å². The first kappa shape index (κ1) is 6.52. The molecule has 1 fully saturated rings. The lowest BCUT2D eigenvalue weighted by Crippen LogP contribution is -2.18. The van der Waals surface area contributed by atoms with E-state index in [1.54, 1.807) is 0 Å². The number of hydrogen-bond acceptors (Lipinski definition) is 1. The van der Waals surface area contributed by atoms with E-state index in [1.807, 2.05) is 0 Å². The highest BCUT2D eigenvalue weighted by molar-refractivity contribution is 5.71. The van der Waals surface area contributed by atoms with Crippen LogP contribution in [0.2, 0.25) is 0 Å². The first-order chi connectivity index (χ1) is 4.22. The van der Waals surface area contributed by atoms with E-state index in [0.717, 1.165) is 6.42 Å². The highest BCUT2D eigenvalue weighted by atomic mass is 19.1. The predicted octanol–water partition coefficient (Wildman–Crippen LogP) is 1.21. The quantitative estimate of drug-likeness (QED) is 0.582. The van der Waals surface area contributed by atoms with Crippen LogP contribution in [-0.4, -0.2) is 17.2 Å². The summed E-state index contributed by atoms with van der Waals surface area (Å²) in [4.78, 5) is 10.2. The van der Waals surface area contributed by atoms with E-state index < -0.39 is 18.1 Å². The monoisotopic (exact) mass is 132 g/mol. The molecule has 0 spiro atoms. The highest BCUT2D eigenvalue weighted by Crippen LogP contribution is 2.27. The van der Waals surface area contributed by atoms with E-state index >= 15 is 0 Å². The largest absolute Gasteiger partial charge is 0.481 e. The molecule has 0 saturated heterocycles. The lowest BCUT2D eigenvalue weighted by Gasteiger charge is -2.03. The van der Waals surface area contributed by atoms with Gasteiger partial charge in [0.2, 0.25) is 0 Å². The molecule has 1 N–H and O–H groups in total. The number of rotatable bonds is 1. The third-order valence-electron chi connectivity index (χ3n) is 1.75. The molecule has 0 bridgehead atoms. The molecule has 0 aromatic rings. The van der Waals surface area contributed by atoms with E-state index in [1.165, 1.54) is 0 Å². The molecule has 0 unspecified atom stereocenters. The fourth-order valence-corrected chi connectivity index (χ4v) is 1.19. The number of hydrogen-bond donors (Lipinski definition) is 1. The number of carboxylic acid groups (broad SMARTS) is 1. The first-order valence-electron chi connectivity index (χ1n) is 3.08. The molecular formula is C6H9FO2. The molecule has 1 saturated carbocycles. The Hall–Kier alpha value is -0.600. The molecule has 1 aliphatic rings. The predicted molar refractivity (Wildman–Crippen MR) is 29.9 cm³/mol. The number of carboxylic acids is 1. The maximum absolute atomic E-state index is 12.5. The standard InChI is InChI=1S/C6H9FO2/c7-5-3-1-2-4(5)6(8)9/h4-5H,1-3H2,(H,8,9)/t4-,5-/m1/s1. The third-order valence-corrected chi connectivity index (χ3v) is 1.75. The Morgan fingerprint density at radius 1 is 1.56 bits per heavy atom. The fourth-order valence-electron chi connectivity index (χ4n) is 1.19. The molecule has 0 heterocycles. The van der Waals surface area contributed by atoms with Crippen LogP contribution in [0.4, 0.5) is 4.39 Å². The van der Waals surface area contributed by atoms with Gasteiger partial charge in [-0.05, 0) is 19.3 Å². The second-order valence-electron chi connectivity index (χ2n) is 2.39. The lowest BCUT2D eigenvalue weighted by molar-refractivity contribution is -0.143. The van der Waals surface area contributed by atoms with Crippen molar-refractivity contribution in [3.63, 3.8) is 0 Å². The summed E-state index contributed by atoms with van der Waals surface area (Å²) in [6, 6.07) is 0. The van der Waals surface area contributed by atoms with E-state index in [4.69, 9.17) is 5.11 Å². The van der Waals surface area contributed by atoms with Gasteiger partial charge in [-0.3, -0.25) is 4.79 Å². The molecule has 0 aromatic carbocycles. The van der Waals surface area contributed by atoms with Crippen LogP contribution in [0.3, 0.4) is 0 Å². The molecule has 2 nitrogen and oxygen atoms in total. The van der Waals surface area contributed by atoms with Crippen molar-refractivity contribution in [2.45, 2.75) is 25.4 Å². The Bertz CT molecular complexity index is 124. The Morgan fingerprint density at radius 2 is 2.22 bits per heavy atom. The van der Waals surface area contributed by atoms with Gasteiger partial charge < -0.3 is 5.11 Å². The molecule has 0 radical (unpaired) electrons. The zero-order valence-corrected chi connectivity index (χ0v) is 5.01. The third kappa shape index (κ3) is 1.20. The minimum Gasteiger partial charge on any atom is -0.481 e. The Balaban J connectivity index is 2.49. The van der Waals surface area contributed by atoms with Crippen LogP contribution < -0.4 is 0 Å². The summed E-state index contributed by atoms with van der Waals surface area (Å²) >= 11 is 0. The number of alkyl halides is 1. The number of aliphatic carboxylic acids is 1. The van der Waals surface area contributed by atoms with Gasteiger partial charge in [-0.2, -0.15) is 0 Å². The van der Waals surface area contributed by atoms with Crippen LogP contribution in [0.15, 0.2) is 0 Å². The van der Waals surface area contributed by atoms with Crippen molar-refractivity contribution in [2.75, 3.05) is 0 Å². The van der Waals surface area contributed by atoms with Crippen molar-refractivity contribution in [1.29, 1.82) is 0 Å². The number of carbonyl (C=O) groups is 1. The van der Waals surface area contributed by atoms with Crippen molar-refractivity contribution in [2.24, 2.45) is 5.92 Å². The summed E-state index contributed by atoms with van der Waals surface area (Å²) in [6.07, 6.45) is 0.563. The van der Waals surface area contributed by atoms with E-state index in [9.17, 15) is 9.18 Å². The van der Waals surface area contributed by atoms with E-state index in [0.29, 0.717) is 12.8 Å². The molecule has 2 atom stereocenters. The van der Waals surface area contributed by atoms with Crippen LogP contribution >= 0.6 is 0 Å². The van der Waals surface area contributed by atoms with Crippen molar-refractivity contribution in [3.05, 3.63) is 0 Å². The maximum atomic E-state index is 12.5. The molecule has 1 rings (SSSR count). The van der Waals surface area contributed by atoms with Gasteiger partial charge in [0.25, 0.3) is 0 Å². The van der Waals surface area contributed by atoms with Gasteiger partial charge in [0.05, 0.1) is 5.92 Å². The summed E-state index contributed by atoms with van der Waals surface area (Å²) < 4.78 is 12.5. The van der Waals surface area contributed by atoms with Gasteiger partial charge in [0, 0.05) is 0 Å². The van der Waals surface area contributed by atoms with Gasteiger partial charge in [-0.15, -0.1) is 0 Å². The van der Waals surface area contributed by atoms with E-state index in [-0.39, 0.29) is 0 Å². The lowest BCUT2D eigenvalue weighted by atomic mass is 10.1. The summed E-state index contributed by atoms with van der Waals surface area (Å²) in [6.45, 7) is 0. The molecule has 9 heavy (non-hydrogen) atoms. The average molecular weight is 132 g/mol. The molecule has 0 aliphatic heterocycles. The van der Waals surface area contributed by atoms with Crippen LogP contribution in [0.5, 0.6) is 0 Å². The van der Waals surface area contributed by atoms with Crippen LogP contribution in [0.25, 0.3) is 0 Å². The smallest absolute Gasteiger partial charge is 0.309 e. The maximum Gasteiger partial charge on any atom is 0.309 e. The summed E-state index contributed by atoms with van der Waals surface area (Å²) in [5.41, 5.74) is 0. The van der Waals surface area contributed by atoms with Crippen molar-refractivity contribution in [3.8, 4) is 0 Å². The molecular weight excluding hydrogens is 123 g/mol. The zero-order valence-electron chi connectivity index (χ0n) is 5.01. The van der Waals surface area contributed by atoms with Gasteiger partial charge in [0.15, 0.2) is 0 Å². The summed E-state index contributed by atoms with van der Waals surface area (Å²) in [5.74, 6) is -1.70. The number of halogens is 1.